The number of ether oxygens (including phenoxy) is 1. The molecule has 0 saturated heterocycles. The van der Waals surface area contributed by atoms with Gasteiger partial charge in [0.05, 0.1) is 0 Å². The molecular formula is C26H35NO3. The largest absolute Gasteiger partial charge is 0.475 e. The van der Waals surface area contributed by atoms with Crippen molar-refractivity contribution in [3.63, 3.8) is 0 Å². The molecule has 1 atom stereocenters. The van der Waals surface area contributed by atoms with Crippen LogP contribution in [0.25, 0.3) is 0 Å². The van der Waals surface area contributed by atoms with Gasteiger partial charge in [-0.1, -0.05) is 71.7 Å². The minimum atomic E-state index is -0.870. The molecule has 0 heterocycles. The standard InChI is InChI=1S/C26H35NO3/c1-6-9-20-15-22(23(28)8-3)16-21(10-7-2)24(20)30-25(26(27)29)19-13-11-18(12-14-19)17(4)5/h11-17,25H,6-10H2,1-5H3,(H2,27,29). The summed E-state index contributed by atoms with van der Waals surface area (Å²) in [6.45, 7) is 10.3. The average Bonchev–Trinajstić information content (AvgIpc) is 2.72. The number of aryl methyl sites for hydroxylation is 2. The van der Waals surface area contributed by atoms with Crippen molar-refractivity contribution in [2.45, 2.75) is 78.7 Å². The van der Waals surface area contributed by atoms with Crippen LogP contribution in [0.5, 0.6) is 5.75 Å². The van der Waals surface area contributed by atoms with Gasteiger partial charge in [-0.2, -0.15) is 0 Å². The highest BCUT2D eigenvalue weighted by atomic mass is 16.5. The number of ketones is 1. The van der Waals surface area contributed by atoms with Crippen LogP contribution < -0.4 is 10.5 Å². The van der Waals surface area contributed by atoms with E-state index in [9.17, 15) is 9.59 Å². The van der Waals surface area contributed by atoms with E-state index in [4.69, 9.17) is 10.5 Å². The van der Waals surface area contributed by atoms with Gasteiger partial charge in [-0.3, -0.25) is 9.59 Å². The van der Waals surface area contributed by atoms with E-state index in [1.807, 2.05) is 43.3 Å². The first-order valence-corrected chi connectivity index (χ1v) is 11.1. The summed E-state index contributed by atoms with van der Waals surface area (Å²) in [5.41, 5.74) is 10.3. The van der Waals surface area contributed by atoms with E-state index in [1.54, 1.807) is 0 Å². The maximum absolute atomic E-state index is 12.4. The summed E-state index contributed by atoms with van der Waals surface area (Å²) in [6.07, 6.45) is 2.96. The summed E-state index contributed by atoms with van der Waals surface area (Å²) in [4.78, 5) is 24.7. The van der Waals surface area contributed by atoms with Gasteiger partial charge in [0, 0.05) is 17.5 Å². The smallest absolute Gasteiger partial charge is 0.263 e. The van der Waals surface area contributed by atoms with Gasteiger partial charge in [0.1, 0.15) is 5.75 Å². The Balaban J connectivity index is 2.52. The Kier molecular flexibility index (Phi) is 8.64. The van der Waals surface area contributed by atoms with Crippen LogP contribution in [0.1, 0.15) is 98.5 Å². The summed E-state index contributed by atoms with van der Waals surface area (Å²) in [6, 6.07) is 11.7. The van der Waals surface area contributed by atoms with Crippen molar-refractivity contribution in [1.82, 2.24) is 0 Å². The molecule has 0 aliphatic heterocycles. The van der Waals surface area contributed by atoms with Crippen LogP contribution >= 0.6 is 0 Å². The molecule has 0 radical (unpaired) electrons. The average molecular weight is 410 g/mol. The monoisotopic (exact) mass is 409 g/mol. The number of rotatable bonds is 11. The molecule has 1 amide bonds. The number of hydrogen-bond donors (Lipinski definition) is 1. The Labute approximate surface area is 180 Å². The number of amides is 1. The van der Waals surface area contributed by atoms with Gasteiger partial charge < -0.3 is 10.5 Å². The fourth-order valence-electron chi connectivity index (χ4n) is 3.64. The highest BCUT2D eigenvalue weighted by Gasteiger charge is 2.24. The van der Waals surface area contributed by atoms with E-state index >= 15 is 0 Å². The van der Waals surface area contributed by atoms with Crippen LogP contribution in [-0.4, -0.2) is 11.7 Å². The number of benzene rings is 2. The van der Waals surface area contributed by atoms with Crippen LogP contribution in [0.4, 0.5) is 0 Å². The Morgan fingerprint density at radius 1 is 0.900 bits per heavy atom. The molecule has 0 saturated carbocycles. The minimum Gasteiger partial charge on any atom is -0.475 e. The number of hydrogen-bond acceptors (Lipinski definition) is 3. The Morgan fingerprint density at radius 3 is 1.80 bits per heavy atom. The normalized spacial score (nSPS) is 12.1. The van der Waals surface area contributed by atoms with Crippen LogP contribution in [0.3, 0.4) is 0 Å². The van der Waals surface area contributed by atoms with Crippen molar-refractivity contribution in [3.05, 3.63) is 64.2 Å². The first-order chi connectivity index (χ1) is 14.3. The maximum atomic E-state index is 12.4. The number of primary amides is 1. The molecule has 1 unspecified atom stereocenters. The zero-order valence-corrected chi connectivity index (χ0v) is 19.0. The lowest BCUT2D eigenvalue weighted by molar-refractivity contribution is -0.125. The predicted octanol–water partition coefficient (Wildman–Crippen LogP) is 5.91. The second kappa shape index (κ2) is 11.0. The second-order valence-corrected chi connectivity index (χ2v) is 8.12. The summed E-state index contributed by atoms with van der Waals surface area (Å²) in [5, 5.41) is 0. The van der Waals surface area contributed by atoms with E-state index < -0.39 is 12.0 Å². The van der Waals surface area contributed by atoms with Crippen LogP contribution in [0.15, 0.2) is 36.4 Å². The molecule has 2 N–H and O–H groups in total. The maximum Gasteiger partial charge on any atom is 0.263 e. The van der Waals surface area contributed by atoms with Crippen molar-refractivity contribution in [1.29, 1.82) is 0 Å². The topological polar surface area (TPSA) is 69.4 Å². The molecular weight excluding hydrogens is 374 g/mol. The molecule has 0 spiro atoms. The van der Waals surface area contributed by atoms with Crippen LogP contribution in [-0.2, 0) is 17.6 Å². The fraction of sp³-hybridized carbons (Fsp3) is 0.462. The molecule has 162 valence electrons. The lowest BCUT2D eigenvalue weighted by Crippen LogP contribution is -2.27. The molecule has 0 aliphatic rings. The van der Waals surface area contributed by atoms with Crippen molar-refractivity contribution >= 4 is 11.7 Å². The van der Waals surface area contributed by atoms with Gasteiger partial charge in [-0.15, -0.1) is 0 Å². The van der Waals surface area contributed by atoms with Crippen molar-refractivity contribution in [2.24, 2.45) is 5.73 Å². The zero-order valence-electron chi connectivity index (χ0n) is 19.0. The molecule has 0 bridgehead atoms. The van der Waals surface area contributed by atoms with Gasteiger partial charge in [0.2, 0.25) is 6.10 Å². The Morgan fingerprint density at radius 2 is 1.40 bits per heavy atom. The molecule has 0 aliphatic carbocycles. The third-order valence-electron chi connectivity index (χ3n) is 5.32. The molecule has 2 rings (SSSR count). The van der Waals surface area contributed by atoms with Crippen molar-refractivity contribution in [3.8, 4) is 5.75 Å². The highest BCUT2D eigenvalue weighted by molar-refractivity contribution is 5.96. The summed E-state index contributed by atoms with van der Waals surface area (Å²) < 4.78 is 6.31. The lowest BCUT2D eigenvalue weighted by Gasteiger charge is -2.23. The quantitative estimate of drug-likeness (QED) is 0.469. The van der Waals surface area contributed by atoms with Gasteiger partial charge >= 0.3 is 0 Å². The van der Waals surface area contributed by atoms with Crippen molar-refractivity contribution in [2.75, 3.05) is 0 Å². The van der Waals surface area contributed by atoms with E-state index in [0.717, 1.165) is 42.4 Å². The fourth-order valence-corrected chi connectivity index (χ4v) is 3.64. The number of carbonyl (C=O) groups excluding carboxylic acids is 2. The number of nitrogens with two attached hydrogens (primary N) is 1. The Hall–Kier alpha value is -2.62. The summed E-state index contributed by atoms with van der Waals surface area (Å²) in [5.74, 6) is 0.698. The van der Waals surface area contributed by atoms with E-state index in [2.05, 4.69) is 27.7 Å². The van der Waals surface area contributed by atoms with E-state index in [0.29, 0.717) is 23.7 Å². The lowest BCUT2D eigenvalue weighted by atomic mass is 9.95. The first-order valence-electron chi connectivity index (χ1n) is 11.1. The van der Waals surface area contributed by atoms with Gasteiger partial charge in [0.25, 0.3) is 5.91 Å². The summed E-state index contributed by atoms with van der Waals surface area (Å²) >= 11 is 0. The van der Waals surface area contributed by atoms with Crippen LogP contribution in [0.2, 0.25) is 0 Å². The van der Waals surface area contributed by atoms with Crippen LogP contribution in [0, 0.1) is 0 Å². The van der Waals surface area contributed by atoms with E-state index in [-0.39, 0.29) is 5.78 Å². The molecule has 2 aromatic carbocycles. The van der Waals surface area contributed by atoms with Gasteiger partial charge in [-0.25, -0.2) is 0 Å². The molecule has 30 heavy (non-hydrogen) atoms. The first kappa shape index (κ1) is 23.7. The number of Topliss-reactive ketones (excluding diaryl/α,β-unsaturated/α-hetero) is 1. The Bertz CT molecular complexity index is 841. The summed E-state index contributed by atoms with van der Waals surface area (Å²) in [7, 11) is 0. The third kappa shape index (κ3) is 5.71. The molecule has 4 nitrogen and oxygen atoms in total. The minimum absolute atomic E-state index is 0.118. The highest BCUT2D eigenvalue weighted by Crippen LogP contribution is 2.33. The van der Waals surface area contributed by atoms with Gasteiger partial charge in [-0.05, 0) is 47.6 Å². The number of carbonyl (C=O) groups is 2. The second-order valence-electron chi connectivity index (χ2n) is 8.12. The van der Waals surface area contributed by atoms with Crippen molar-refractivity contribution < 1.29 is 14.3 Å². The van der Waals surface area contributed by atoms with E-state index in [1.165, 1.54) is 5.56 Å². The zero-order chi connectivity index (χ0) is 22.3. The molecule has 0 fully saturated rings. The molecule has 4 heteroatoms. The molecule has 2 aromatic rings. The molecule has 0 aromatic heterocycles. The van der Waals surface area contributed by atoms with Gasteiger partial charge in [0.15, 0.2) is 5.78 Å². The SMILES string of the molecule is CCCc1cc(C(=O)CC)cc(CCC)c1OC(C(N)=O)c1ccc(C(C)C)cc1. The predicted molar refractivity (Wildman–Crippen MR) is 122 cm³/mol. The third-order valence-corrected chi connectivity index (χ3v) is 5.32.